The number of nitrogens with zero attached hydrogens (tertiary/aromatic N) is 3. The van der Waals surface area contributed by atoms with Crippen molar-refractivity contribution in [2.45, 2.75) is 6.54 Å². The molecule has 0 saturated carbocycles. The van der Waals surface area contributed by atoms with E-state index in [-0.39, 0.29) is 34.9 Å². The van der Waals surface area contributed by atoms with Gasteiger partial charge >= 0.3 is 0 Å². The SMILES string of the molecule is O=C(NCCn1cnc(-c2ccccc2)cc1=O)c1cc([N+](=O)[O-])ccc1Cl. The molecule has 0 radical (unpaired) electrons. The van der Waals surface area contributed by atoms with Gasteiger partial charge in [0.2, 0.25) is 0 Å². The second-order valence-electron chi connectivity index (χ2n) is 5.85. The second kappa shape index (κ2) is 8.45. The quantitative estimate of drug-likeness (QED) is 0.507. The molecule has 1 heterocycles. The monoisotopic (exact) mass is 398 g/mol. The molecule has 8 nitrogen and oxygen atoms in total. The third-order valence-corrected chi connectivity index (χ3v) is 4.32. The molecular formula is C19H15ClN4O4. The van der Waals surface area contributed by atoms with Crippen LogP contribution in [-0.4, -0.2) is 26.9 Å². The highest BCUT2D eigenvalue weighted by Gasteiger charge is 2.15. The molecule has 3 aromatic rings. The van der Waals surface area contributed by atoms with Crippen LogP contribution in [0.15, 0.2) is 65.7 Å². The Kier molecular flexibility index (Phi) is 5.81. The summed E-state index contributed by atoms with van der Waals surface area (Å²) in [6.07, 6.45) is 1.41. The van der Waals surface area contributed by atoms with Gasteiger partial charge in [-0.3, -0.25) is 24.3 Å². The number of benzene rings is 2. The molecule has 0 fully saturated rings. The average molecular weight is 399 g/mol. The number of aromatic nitrogens is 2. The Bertz CT molecular complexity index is 1080. The van der Waals surface area contributed by atoms with Crippen LogP contribution in [0, 0.1) is 10.1 Å². The number of hydrogen-bond donors (Lipinski definition) is 1. The molecule has 2 aromatic carbocycles. The highest BCUT2D eigenvalue weighted by molar-refractivity contribution is 6.33. The fraction of sp³-hybridized carbons (Fsp3) is 0.105. The Labute approximate surface area is 164 Å². The van der Waals surface area contributed by atoms with E-state index >= 15 is 0 Å². The number of nitro groups is 1. The van der Waals surface area contributed by atoms with E-state index in [0.29, 0.717) is 5.69 Å². The number of non-ortho nitro benzene ring substituents is 1. The summed E-state index contributed by atoms with van der Waals surface area (Å²) >= 11 is 5.94. The number of nitro benzene ring substituents is 1. The summed E-state index contributed by atoms with van der Waals surface area (Å²) in [5.41, 5.74) is 0.915. The first-order valence-corrected chi connectivity index (χ1v) is 8.67. The molecule has 9 heteroatoms. The van der Waals surface area contributed by atoms with E-state index in [2.05, 4.69) is 10.3 Å². The van der Waals surface area contributed by atoms with Crippen molar-refractivity contribution >= 4 is 23.2 Å². The van der Waals surface area contributed by atoms with Gasteiger partial charge < -0.3 is 5.32 Å². The van der Waals surface area contributed by atoms with Gasteiger partial charge in [0.1, 0.15) is 0 Å². The van der Waals surface area contributed by atoms with Crippen LogP contribution in [0.2, 0.25) is 5.02 Å². The fourth-order valence-corrected chi connectivity index (χ4v) is 2.75. The molecule has 28 heavy (non-hydrogen) atoms. The zero-order chi connectivity index (χ0) is 20.1. The topological polar surface area (TPSA) is 107 Å². The Morgan fingerprint density at radius 2 is 1.93 bits per heavy atom. The standard InChI is InChI=1S/C19H15ClN4O4/c20-16-7-6-14(24(27)28)10-15(16)19(26)21-8-9-23-12-22-17(11-18(23)25)13-4-2-1-3-5-13/h1-7,10-12H,8-9H2,(H,21,26). The van der Waals surface area contributed by atoms with Crippen LogP contribution in [0.1, 0.15) is 10.4 Å². The van der Waals surface area contributed by atoms with Gasteiger partial charge in [-0.15, -0.1) is 0 Å². The van der Waals surface area contributed by atoms with Crippen molar-refractivity contribution in [3.8, 4) is 11.3 Å². The third-order valence-electron chi connectivity index (χ3n) is 3.99. The summed E-state index contributed by atoms with van der Waals surface area (Å²) < 4.78 is 1.36. The molecule has 0 atom stereocenters. The summed E-state index contributed by atoms with van der Waals surface area (Å²) in [5.74, 6) is -0.560. The maximum Gasteiger partial charge on any atom is 0.270 e. The minimum Gasteiger partial charge on any atom is -0.350 e. The molecule has 0 unspecified atom stereocenters. The van der Waals surface area contributed by atoms with Crippen molar-refractivity contribution in [3.05, 3.63) is 92.0 Å². The number of hydrogen-bond acceptors (Lipinski definition) is 5. The minimum absolute atomic E-state index is 0.000708. The summed E-state index contributed by atoms with van der Waals surface area (Å²) in [5, 5.41) is 13.5. The zero-order valence-electron chi connectivity index (χ0n) is 14.5. The predicted octanol–water partition coefficient (Wildman–Crippen LogP) is 2.90. The van der Waals surface area contributed by atoms with E-state index in [4.69, 9.17) is 11.6 Å². The number of carbonyl (C=O) groups is 1. The first-order valence-electron chi connectivity index (χ1n) is 8.30. The van der Waals surface area contributed by atoms with Gasteiger partial charge in [-0.25, -0.2) is 4.98 Å². The first kappa shape index (κ1) is 19.2. The van der Waals surface area contributed by atoms with Gasteiger partial charge in [-0.1, -0.05) is 41.9 Å². The maximum absolute atomic E-state index is 12.2. The van der Waals surface area contributed by atoms with Crippen LogP contribution < -0.4 is 10.9 Å². The van der Waals surface area contributed by atoms with Gasteiger partial charge in [-0.05, 0) is 6.07 Å². The summed E-state index contributed by atoms with van der Waals surface area (Å²) in [6.45, 7) is 0.323. The van der Waals surface area contributed by atoms with Crippen LogP contribution in [0.3, 0.4) is 0 Å². The van der Waals surface area contributed by atoms with Gasteiger partial charge in [0.15, 0.2) is 0 Å². The zero-order valence-corrected chi connectivity index (χ0v) is 15.3. The summed E-state index contributed by atoms with van der Waals surface area (Å²) in [7, 11) is 0. The molecule has 0 aliphatic heterocycles. The third kappa shape index (κ3) is 4.41. The van der Waals surface area contributed by atoms with E-state index in [1.807, 2.05) is 30.3 Å². The Morgan fingerprint density at radius 1 is 1.18 bits per heavy atom. The molecule has 1 amide bonds. The van der Waals surface area contributed by atoms with E-state index in [0.717, 1.165) is 11.6 Å². The molecule has 3 rings (SSSR count). The number of rotatable bonds is 6. The van der Waals surface area contributed by atoms with Crippen molar-refractivity contribution < 1.29 is 9.72 Å². The molecule has 0 bridgehead atoms. The highest BCUT2D eigenvalue weighted by atomic mass is 35.5. The largest absolute Gasteiger partial charge is 0.350 e. The summed E-state index contributed by atoms with van der Waals surface area (Å²) in [4.78, 5) is 39.0. The number of nitrogens with one attached hydrogen (secondary N) is 1. The van der Waals surface area contributed by atoms with E-state index < -0.39 is 10.8 Å². The fourth-order valence-electron chi connectivity index (χ4n) is 2.55. The van der Waals surface area contributed by atoms with Crippen molar-refractivity contribution in [2.24, 2.45) is 0 Å². The highest BCUT2D eigenvalue weighted by Crippen LogP contribution is 2.21. The number of amides is 1. The molecule has 1 N–H and O–H groups in total. The van der Waals surface area contributed by atoms with Gasteiger partial charge in [-0.2, -0.15) is 0 Å². The van der Waals surface area contributed by atoms with E-state index in [1.54, 1.807) is 0 Å². The van der Waals surface area contributed by atoms with Crippen molar-refractivity contribution in [1.29, 1.82) is 0 Å². The van der Waals surface area contributed by atoms with E-state index in [1.165, 1.54) is 29.1 Å². The van der Waals surface area contributed by atoms with Crippen LogP contribution in [0.25, 0.3) is 11.3 Å². The van der Waals surface area contributed by atoms with Crippen LogP contribution in [-0.2, 0) is 6.54 Å². The molecule has 142 valence electrons. The van der Waals surface area contributed by atoms with Crippen LogP contribution in [0.4, 0.5) is 5.69 Å². The lowest BCUT2D eigenvalue weighted by Crippen LogP contribution is -2.31. The van der Waals surface area contributed by atoms with Crippen molar-refractivity contribution in [1.82, 2.24) is 14.9 Å². The first-order chi connectivity index (χ1) is 13.5. The maximum atomic E-state index is 12.2. The summed E-state index contributed by atoms with van der Waals surface area (Å²) in [6, 6.07) is 14.4. The van der Waals surface area contributed by atoms with Gasteiger partial charge in [0.25, 0.3) is 17.2 Å². The molecule has 0 aliphatic carbocycles. The van der Waals surface area contributed by atoms with Gasteiger partial charge in [0.05, 0.1) is 27.5 Å². The normalized spacial score (nSPS) is 10.5. The Balaban J connectivity index is 1.65. The molecule has 0 saturated heterocycles. The van der Waals surface area contributed by atoms with Crippen molar-refractivity contribution in [2.75, 3.05) is 6.54 Å². The van der Waals surface area contributed by atoms with E-state index in [9.17, 15) is 19.7 Å². The lowest BCUT2D eigenvalue weighted by molar-refractivity contribution is -0.384. The minimum atomic E-state index is -0.605. The number of carbonyl (C=O) groups excluding carboxylic acids is 1. The van der Waals surface area contributed by atoms with Crippen molar-refractivity contribution in [3.63, 3.8) is 0 Å². The molecule has 1 aromatic heterocycles. The Morgan fingerprint density at radius 3 is 2.61 bits per heavy atom. The smallest absolute Gasteiger partial charge is 0.270 e. The lowest BCUT2D eigenvalue weighted by atomic mass is 10.1. The predicted molar refractivity (Wildman–Crippen MR) is 104 cm³/mol. The van der Waals surface area contributed by atoms with Gasteiger partial charge in [0, 0.05) is 36.9 Å². The lowest BCUT2D eigenvalue weighted by Gasteiger charge is -2.09. The Hall–Kier alpha value is -3.52. The molecule has 0 aliphatic rings. The molecule has 0 spiro atoms. The second-order valence-corrected chi connectivity index (χ2v) is 6.26. The van der Waals surface area contributed by atoms with Crippen LogP contribution >= 0.6 is 11.6 Å². The average Bonchev–Trinajstić information content (AvgIpc) is 2.70. The van der Waals surface area contributed by atoms with Crippen LogP contribution in [0.5, 0.6) is 0 Å². The molecular weight excluding hydrogens is 384 g/mol. The number of halogens is 1.